The summed E-state index contributed by atoms with van der Waals surface area (Å²) in [6.07, 6.45) is 0. The van der Waals surface area contributed by atoms with Gasteiger partial charge in [-0.25, -0.2) is 4.79 Å². The molecule has 1 aromatic carbocycles. The lowest BCUT2D eigenvalue weighted by Gasteiger charge is -2.25. The predicted molar refractivity (Wildman–Crippen MR) is 86.3 cm³/mol. The minimum atomic E-state index is -0.938. The van der Waals surface area contributed by atoms with Gasteiger partial charge in [0.25, 0.3) is 0 Å². The molecular formula is C15H22BrNO4. The Morgan fingerprint density at radius 1 is 1.14 bits per heavy atom. The van der Waals surface area contributed by atoms with Gasteiger partial charge in [-0.1, -0.05) is 15.9 Å². The van der Waals surface area contributed by atoms with Crippen LogP contribution < -0.4 is 4.90 Å². The van der Waals surface area contributed by atoms with Crippen molar-refractivity contribution in [2.45, 2.75) is 13.8 Å². The van der Waals surface area contributed by atoms with E-state index in [1.54, 1.807) is 12.1 Å². The van der Waals surface area contributed by atoms with Crippen molar-refractivity contribution in [2.24, 2.45) is 0 Å². The van der Waals surface area contributed by atoms with Gasteiger partial charge in [-0.2, -0.15) is 0 Å². The Morgan fingerprint density at radius 2 is 1.71 bits per heavy atom. The van der Waals surface area contributed by atoms with Crippen LogP contribution in [0.25, 0.3) is 0 Å². The van der Waals surface area contributed by atoms with Crippen LogP contribution in [0, 0.1) is 0 Å². The fourth-order valence-corrected chi connectivity index (χ4v) is 2.37. The smallest absolute Gasteiger partial charge is 0.335 e. The number of aromatic carboxylic acids is 1. The molecule has 0 fully saturated rings. The third kappa shape index (κ3) is 6.46. The summed E-state index contributed by atoms with van der Waals surface area (Å²) < 4.78 is 11.5. The van der Waals surface area contributed by atoms with Crippen molar-refractivity contribution in [3.63, 3.8) is 0 Å². The molecule has 1 aromatic rings. The molecule has 0 bridgehead atoms. The standard InChI is InChI=1S/C15H22BrNO4/c1-3-20-7-5-17(6-8-21-4-2)14-10-12(15(18)19)9-13(16)11-14/h9-11H,3-8H2,1-2H3,(H,18,19). The highest BCUT2D eigenvalue weighted by molar-refractivity contribution is 9.10. The lowest BCUT2D eigenvalue weighted by molar-refractivity contribution is 0.0697. The number of carboxylic acid groups (broad SMARTS) is 1. The first kappa shape index (κ1) is 17.9. The number of nitrogens with zero attached hydrogens (tertiary/aromatic N) is 1. The molecule has 0 aliphatic carbocycles. The van der Waals surface area contributed by atoms with Crippen molar-refractivity contribution >= 4 is 27.6 Å². The van der Waals surface area contributed by atoms with E-state index >= 15 is 0 Å². The molecule has 0 heterocycles. The Hall–Kier alpha value is -1.11. The van der Waals surface area contributed by atoms with Crippen molar-refractivity contribution in [3.05, 3.63) is 28.2 Å². The summed E-state index contributed by atoms with van der Waals surface area (Å²) in [7, 11) is 0. The maximum atomic E-state index is 11.2. The molecule has 5 nitrogen and oxygen atoms in total. The second kappa shape index (κ2) is 9.76. The van der Waals surface area contributed by atoms with E-state index in [0.29, 0.717) is 39.5 Å². The van der Waals surface area contributed by atoms with Gasteiger partial charge in [0.15, 0.2) is 0 Å². The fourth-order valence-electron chi connectivity index (χ4n) is 1.89. The maximum Gasteiger partial charge on any atom is 0.335 e. The zero-order valence-electron chi connectivity index (χ0n) is 12.5. The summed E-state index contributed by atoms with van der Waals surface area (Å²) >= 11 is 3.36. The molecule has 118 valence electrons. The normalized spacial score (nSPS) is 10.6. The average Bonchev–Trinajstić information content (AvgIpc) is 2.45. The molecule has 0 amide bonds. The van der Waals surface area contributed by atoms with Crippen LogP contribution in [0.5, 0.6) is 0 Å². The van der Waals surface area contributed by atoms with Crippen molar-refractivity contribution in [2.75, 3.05) is 44.4 Å². The summed E-state index contributed by atoms with van der Waals surface area (Å²) in [6.45, 7) is 7.80. The van der Waals surface area contributed by atoms with Crippen LogP contribution in [0.4, 0.5) is 5.69 Å². The van der Waals surface area contributed by atoms with Gasteiger partial charge in [0, 0.05) is 36.5 Å². The number of hydrogen-bond acceptors (Lipinski definition) is 4. The van der Waals surface area contributed by atoms with E-state index < -0.39 is 5.97 Å². The molecule has 0 saturated carbocycles. The molecule has 0 aliphatic rings. The van der Waals surface area contributed by atoms with Gasteiger partial charge >= 0.3 is 5.97 Å². The molecule has 0 saturated heterocycles. The summed E-state index contributed by atoms with van der Waals surface area (Å²) in [5, 5.41) is 9.16. The van der Waals surface area contributed by atoms with Crippen LogP contribution in [0.1, 0.15) is 24.2 Å². The van der Waals surface area contributed by atoms with E-state index in [2.05, 4.69) is 20.8 Å². The lowest BCUT2D eigenvalue weighted by Crippen LogP contribution is -2.31. The fraction of sp³-hybridized carbons (Fsp3) is 0.533. The number of carbonyl (C=O) groups is 1. The van der Waals surface area contributed by atoms with E-state index in [-0.39, 0.29) is 5.56 Å². The molecule has 0 unspecified atom stereocenters. The summed E-state index contributed by atoms with van der Waals surface area (Å²) in [5.74, 6) is -0.938. The van der Waals surface area contributed by atoms with E-state index in [1.165, 1.54) is 0 Å². The molecule has 0 atom stereocenters. The SMILES string of the molecule is CCOCCN(CCOCC)c1cc(Br)cc(C(=O)O)c1. The molecule has 0 spiro atoms. The number of carboxylic acids is 1. The van der Waals surface area contributed by atoms with E-state index in [0.717, 1.165) is 10.2 Å². The van der Waals surface area contributed by atoms with Crippen LogP contribution in [-0.4, -0.2) is 50.6 Å². The van der Waals surface area contributed by atoms with E-state index in [9.17, 15) is 4.79 Å². The Labute approximate surface area is 134 Å². The van der Waals surface area contributed by atoms with E-state index in [1.807, 2.05) is 19.9 Å². The first-order chi connectivity index (χ1) is 10.1. The molecule has 0 aromatic heterocycles. The van der Waals surface area contributed by atoms with Crippen molar-refractivity contribution in [1.29, 1.82) is 0 Å². The topological polar surface area (TPSA) is 59.0 Å². The third-order valence-corrected chi connectivity index (χ3v) is 3.37. The minimum absolute atomic E-state index is 0.261. The summed E-state index contributed by atoms with van der Waals surface area (Å²) in [4.78, 5) is 13.2. The quantitative estimate of drug-likeness (QED) is 0.650. The zero-order chi connectivity index (χ0) is 15.7. The molecule has 0 aliphatic heterocycles. The number of rotatable bonds is 10. The van der Waals surface area contributed by atoms with Crippen LogP contribution in [-0.2, 0) is 9.47 Å². The molecular weight excluding hydrogens is 338 g/mol. The first-order valence-corrected chi connectivity index (χ1v) is 7.82. The van der Waals surface area contributed by atoms with Gasteiger partial charge in [-0.15, -0.1) is 0 Å². The predicted octanol–water partition coefficient (Wildman–Crippen LogP) is 3.03. The number of ether oxygens (including phenoxy) is 2. The first-order valence-electron chi connectivity index (χ1n) is 7.02. The van der Waals surface area contributed by atoms with Crippen molar-refractivity contribution < 1.29 is 19.4 Å². The monoisotopic (exact) mass is 359 g/mol. The average molecular weight is 360 g/mol. The van der Waals surface area contributed by atoms with E-state index in [4.69, 9.17) is 14.6 Å². The molecule has 0 radical (unpaired) electrons. The van der Waals surface area contributed by atoms with Gasteiger partial charge in [0.2, 0.25) is 0 Å². The van der Waals surface area contributed by atoms with Crippen molar-refractivity contribution in [1.82, 2.24) is 0 Å². The van der Waals surface area contributed by atoms with Gasteiger partial charge in [0.1, 0.15) is 0 Å². The molecule has 21 heavy (non-hydrogen) atoms. The zero-order valence-corrected chi connectivity index (χ0v) is 14.1. The Balaban J connectivity index is 2.86. The summed E-state index contributed by atoms with van der Waals surface area (Å²) in [6, 6.07) is 5.17. The van der Waals surface area contributed by atoms with Gasteiger partial charge in [-0.05, 0) is 32.0 Å². The summed E-state index contributed by atoms with van der Waals surface area (Å²) in [5.41, 5.74) is 1.11. The maximum absolute atomic E-state index is 11.2. The highest BCUT2D eigenvalue weighted by Gasteiger charge is 2.11. The van der Waals surface area contributed by atoms with Gasteiger partial charge in [-0.3, -0.25) is 0 Å². The van der Waals surface area contributed by atoms with Gasteiger partial charge in [0.05, 0.1) is 18.8 Å². The number of hydrogen-bond donors (Lipinski definition) is 1. The molecule has 1 N–H and O–H groups in total. The van der Waals surface area contributed by atoms with Crippen molar-refractivity contribution in [3.8, 4) is 0 Å². The second-order valence-electron chi connectivity index (χ2n) is 4.38. The number of benzene rings is 1. The highest BCUT2D eigenvalue weighted by Crippen LogP contribution is 2.23. The molecule has 1 rings (SSSR count). The number of halogens is 1. The Morgan fingerprint density at radius 3 is 2.19 bits per heavy atom. The van der Waals surface area contributed by atoms with Crippen LogP contribution >= 0.6 is 15.9 Å². The lowest BCUT2D eigenvalue weighted by atomic mass is 10.2. The van der Waals surface area contributed by atoms with Crippen LogP contribution in [0.15, 0.2) is 22.7 Å². The van der Waals surface area contributed by atoms with Crippen LogP contribution in [0.2, 0.25) is 0 Å². The largest absolute Gasteiger partial charge is 0.478 e. The Bertz CT molecular complexity index is 443. The van der Waals surface area contributed by atoms with Gasteiger partial charge < -0.3 is 19.5 Å². The third-order valence-electron chi connectivity index (χ3n) is 2.91. The minimum Gasteiger partial charge on any atom is -0.478 e. The van der Waals surface area contributed by atoms with Crippen LogP contribution in [0.3, 0.4) is 0 Å². The molecule has 6 heteroatoms. The Kier molecular flexibility index (Phi) is 8.34. The highest BCUT2D eigenvalue weighted by atomic mass is 79.9. The number of anilines is 1. The second-order valence-corrected chi connectivity index (χ2v) is 5.30.